The van der Waals surface area contributed by atoms with Crippen molar-refractivity contribution in [2.24, 2.45) is 10.7 Å². The Hall–Kier alpha value is -3.24. The lowest BCUT2D eigenvalue weighted by atomic mass is 9.85. The normalized spacial score (nSPS) is 21.1. The molecule has 3 rings (SSSR count). The van der Waals surface area contributed by atoms with Crippen LogP contribution in [-0.2, 0) is 16.7 Å². The van der Waals surface area contributed by atoms with Crippen LogP contribution < -0.4 is 10.5 Å². The Kier molecular flexibility index (Phi) is 6.18. The van der Waals surface area contributed by atoms with E-state index in [1.165, 1.54) is 19.1 Å². The lowest BCUT2D eigenvalue weighted by Crippen LogP contribution is -2.43. The number of aliphatic imine (C=N–C) groups is 1. The molecule has 0 bridgehead atoms. The van der Waals surface area contributed by atoms with Gasteiger partial charge in [0.1, 0.15) is 23.7 Å². The number of benzene rings is 1. The molecule has 2 atom stereocenters. The number of carbonyl (C=O) groups excluding carboxylic acids is 1. The summed E-state index contributed by atoms with van der Waals surface area (Å²) in [5.41, 5.74) is 4.22. The lowest BCUT2D eigenvalue weighted by molar-refractivity contribution is 0.0792. The second-order valence-electron chi connectivity index (χ2n) is 6.73. The molecule has 160 valence electrons. The fourth-order valence-corrected chi connectivity index (χ4v) is 2.91. The third-order valence-corrected chi connectivity index (χ3v) is 4.54. The number of hydrogen-bond donors (Lipinski definition) is 1. The van der Waals surface area contributed by atoms with E-state index in [0.29, 0.717) is 5.56 Å². The van der Waals surface area contributed by atoms with E-state index < -0.39 is 36.3 Å². The Bertz CT molecular complexity index is 955. The smallest absolute Gasteiger partial charge is 0.283 e. The number of nitrogens with zero attached hydrogens (tertiary/aromatic N) is 3. The SMILES string of the molecule is C[C@]1(c2cc(CC(=O)c3cnc(OCC(F)F)cn3)ccc2F)N=C(N)OC[C@@H]1F. The molecule has 1 aliphatic rings. The maximum atomic E-state index is 14.5. The van der Waals surface area contributed by atoms with E-state index in [2.05, 4.69) is 15.0 Å². The van der Waals surface area contributed by atoms with Crippen LogP contribution in [0, 0.1) is 5.82 Å². The van der Waals surface area contributed by atoms with Gasteiger partial charge in [0.2, 0.25) is 5.88 Å². The summed E-state index contributed by atoms with van der Waals surface area (Å²) in [5.74, 6) is -1.31. The number of amidine groups is 1. The molecule has 0 saturated heterocycles. The van der Waals surface area contributed by atoms with Crippen LogP contribution in [0.1, 0.15) is 28.5 Å². The number of rotatable bonds is 7. The third-order valence-electron chi connectivity index (χ3n) is 4.54. The number of hydrogen-bond acceptors (Lipinski definition) is 7. The van der Waals surface area contributed by atoms with E-state index in [0.717, 1.165) is 18.5 Å². The third kappa shape index (κ3) is 4.66. The molecule has 2 aromatic rings. The van der Waals surface area contributed by atoms with E-state index in [4.69, 9.17) is 15.2 Å². The van der Waals surface area contributed by atoms with E-state index >= 15 is 0 Å². The van der Waals surface area contributed by atoms with Gasteiger partial charge in [0.25, 0.3) is 12.4 Å². The summed E-state index contributed by atoms with van der Waals surface area (Å²) in [6.45, 7) is 0.178. The predicted octanol–water partition coefficient (Wildman–Crippen LogP) is 2.58. The topological polar surface area (TPSA) is 99.7 Å². The molecule has 1 aromatic heterocycles. The van der Waals surface area contributed by atoms with Crippen molar-refractivity contribution >= 4 is 11.8 Å². The Morgan fingerprint density at radius 2 is 2.13 bits per heavy atom. The molecule has 1 aliphatic heterocycles. The van der Waals surface area contributed by atoms with Gasteiger partial charge in [-0.3, -0.25) is 4.79 Å². The molecule has 0 radical (unpaired) electrons. The molecule has 0 fully saturated rings. The van der Waals surface area contributed by atoms with Gasteiger partial charge >= 0.3 is 0 Å². The molecule has 0 aliphatic carbocycles. The first kappa shape index (κ1) is 21.5. The first-order chi connectivity index (χ1) is 14.2. The highest BCUT2D eigenvalue weighted by Crippen LogP contribution is 2.36. The summed E-state index contributed by atoms with van der Waals surface area (Å²) in [6.07, 6.45) is -2.34. The zero-order chi connectivity index (χ0) is 21.9. The molecule has 1 aromatic carbocycles. The quantitative estimate of drug-likeness (QED) is 0.540. The van der Waals surface area contributed by atoms with Crippen LogP contribution in [0.3, 0.4) is 0 Å². The standard InChI is InChI=1S/C19H18F4N4O3/c1-19(15(21)8-30-18(24)27-19)11-4-10(2-3-12(11)20)5-14(28)13-6-26-17(7-25-13)29-9-16(22)23/h2-4,6-7,15-16H,5,8-9H2,1H3,(H2,24,27)/t15-,19+/m0/s1. The number of aromatic nitrogens is 2. The maximum Gasteiger partial charge on any atom is 0.283 e. The van der Waals surface area contributed by atoms with Crippen LogP contribution in [-0.4, -0.2) is 47.6 Å². The second-order valence-corrected chi connectivity index (χ2v) is 6.73. The number of carbonyl (C=O) groups is 1. The molecule has 0 spiro atoms. The average Bonchev–Trinajstić information content (AvgIpc) is 2.71. The first-order valence-corrected chi connectivity index (χ1v) is 8.86. The Morgan fingerprint density at radius 1 is 1.37 bits per heavy atom. The monoisotopic (exact) mass is 426 g/mol. The Labute approximate surface area is 168 Å². The van der Waals surface area contributed by atoms with Crippen molar-refractivity contribution in [2.45, 2.75) is 31.5 Å². The molecule has 30 heavy (non-hydrogen) atoms. The summed E-state index contributed by atoms with van der Waals surface area (Å²) in [4.78, 5) is 24.0. The van der Waals surface area contributed by atoms with Crippen LogP contribution in [0.15, 0.2) is 35.6 Å². The molecule has 0 amide bonds. The van der Waals surface area contributed by atoms with E-state index in [9.17, 15) is 22.4 Å². The van der Waals surface area contributed by atoms with Gasteiger partial charge in [-0.2, -0.15) is 0 Å². The summed E-state index contributed by atoms with van der Waals surface area (Å²) in [7, 11) is 0. The maximum absolute atomic E-state index is 14.5. The molecule has 11 heteroatoms. The van der Waals surface area contributed by atoms with Crippen molar-refractivity contribution < 1.29 is 31.8 Å². The van der Waals surface area contributed by atoms with Gasteiger partial charge in [-0.25, -0.2) is 32.5 Å². The zero-order valence-electron chi connectivity index (χ0n) is 15.8. The predicted molar refractivity (Wildman–Crippen MR) is 97.8 cm³/mol. The van der Waals surface area contributed by atoms with E-state index in [1.54, 1.807) is 0 Å². The van der Waals surface area contributed by atoms with Crippen molar-refractivity contribution in [2.75, 3.05) is 13.2 Å². The van der Waals surface area contributed by atoms with Crippen LogP contribution in [0.2, 0.25) is 0 Å². The minimum absolute atomic E-state index is 0.0341. The first-order valence-electron chi connectivity index (χ1n) is 8.86. The number of halogens is 4. The van der Waals surface area contributed by atoms with Crippen LogP contribution in [0.4, 0.5) is 17.6 Å². The average molecular weight is 426 g/mol. The van der Waals surface area contributed by atoms with Gasteiger partial charge in [-0.15, -0.1) is 0 Å². The highest BCUT2D eigenvalue weighted by molar-refractivity contribution is 5.95. The second kappa shape index (κ2) is 8.64. The van der Waals surface area contributed by atoms with Gasteiger partial charge in [0.15, 0.2) is 18.6 Å². The highest BCUT2D eigenvalue weighted by Gasteiger charge is 2.42. The van der Waals surface area contributed by atoms with E-state index in [1.807, 2.05) is 0 Å². The fraction of sp³-hybridized carbons (Fsp3) is 0.368. The van der Waals surface area contributed by atoms with Crippen molar-refractivity contribution in [1.29, 1.82) is 0 Å². The molecule has 0 unspecified atom stereocenters. The number of Topliss-reactive ketones (excluding diaryl/α,β-unsaturated/α-hetero) is 1. The van der Waals surface area contributed by atoms with Crippen molar-refractivity contribution in [3.05, 3.63) is 53.2 Å². The fourth-order valence-electron chi connectivity index (χ4n) is 2.91. The molecule has 2 heterocycles. The molecular weight excluding hydrogens is 408 g/mol. The molecule has 2 N–H and O–H groups in total. The van der Waals surface area contributed by atoms with Gasteiger partial charge < -0.3 is 15.2 Å². The molecule has 7 nitrogen and oxygen atoms in total. The van der Waals surface area contributed by atoms with Crippen molar-refractivity contribution in [3.8, 4) is 5.88 Å². The largest absolute Gasteiger partial charge is 0.470 e. The molecular formula is C19H18F4N4O3. The minimum atomic E-state index is -2.66. The number of ether oxygens (including phenoxy) is 2. The van der Waals surface area contributed by atoms with Gasteiger partial charge in [-0.05, 0) is 24.6 Å². The number of ketones is 1. The van der Waals surface area contributed by atoms with Gasteiger partial charge in [0.05, 0.1) is 12.4 Å². The van der Waals surface area contributed by atoms with Crippen molar-refractivity contribution in [3.63, 3.8) is 0 Å². The van der Waals surface area contributed by atoms with Gasteiger partial charge in [0, 0.05) is 12.0 Å². The number of alkyl halides is 3. The van der Waals surface area contributed by atoms with E-state index in [-0.39, 0.29) is 36.2 Å². The summed E-state index contributed by atoms with van der Waals surface area (Å²) >= 11 is 0. The van der Waals surface area contributed by atoms with Crippen LogP contribution in [0.25, 0.3) is 0 Å². The Balaban J connectivity index is 1.78. The lowest BCUT2D eigenvalue weighted by Gasteiger charge is -2.33. The zero-order valence-corrected chi connectivity index (χ0v) is 15.8. The Morgan fingerprint density at radius 3 is 2.80 bits per heavy atom. The summed E-state index contributed by atoms with van der Waals surface area (Å²) in [6, 6.07) is 3.59. The summed E-state index contributed by atoms with van der Waals surface area (Å²) < 4.78 is 62.8. The molecule has 0 saturated carbocycles. The van der Waals surface area contributed by atoms with Crippen LogP contribution in [0.5, 0.6) is 5.88 Å². The van der Waals surface area contributed by atoms with Gasteiger partial charge in [-0.1, -0.05) is 6.07 Å². The minimum Gasteiger partial charge on any atom is -0.470 e. The van der Waals surface area contributed by atoms with Crippen LogP contribution >= 0.6 is 0 Å². The van der Waals surface area contributed by atoms with Crippen molar-refractivity contribution in [1.82, 2.24) is 9.97 Å². The summed E-state index contributed by atoms with van der Waals surface area (Å²) in [5, 5.41) is 0. The highest BCUT2D eigenvalue weighted by atomic mass is 19.3. The number of nitrogens with two attached hydrogens (primary N) is 1.